The quantitative estimate of drug-likeness (QED) is 0.699. The third-order valence-electron chi connectivity index (χ3n) is 2.81. The molecule has 1 aromatic rings. The summed E-state index contributed by atoms with van der Waals surface area (Å²) in [5.41, 5.74) is 1.13. The van der Waals surface area contributed by atoms with Crippen LogP contribution in [0.25, 0.3) is 0 Å². The van der Waals surface area contributed by atoms with Crippen LogP contribution in [0.2, 0.25) is 0 Å². The number of nitrogens with zero attached hydrogens (tertiary/aromatic N) is 2. The Balaban J connectivity index is 2.31. The van der Waals surface area contributed by atoms with Crippen LogP contribution in [0, 0.1) is 0 Å². The molecule has 0 spiro atoms. The number of anilines is 2. The minimum atomic E-state index is 1.01. The molecule has 0 aliphatic heterocycles. The van der Waals surface area contributed by atoms with Crippen molar-refractivity contribution in [3.63, 3.8) is 0 Å². The van der Waals surface area contributed by atoms with Crippen molar-refractivity contribution < 1.29 is 0 Å². The Morgan fingerprint density at radius 2 is 1.94 bits per heavy atom. The van der Waals surface area contributed by atoms with Crippen LogP contribution in [-0.2, 0) is 0 Å². The van der Waals surface area contributed by atoms with Gasteiger partial charge in [0.05, 0.1) is 5.69 Å². The lowest BCUT2D eigenvalue weighted by Crippen LogP contribution is -2.14. The minimum Gasteiger partial charge on any atom is -0.382 e. The van der Waals surface area contributed by atoms with Gasteiger partial charge >= 0.3 is 0 Å². The van der Waals surface area contributed by atoms with Crippen LogP contribution < -0.4 is 10.2 Å². The van der Waals surface area contributed by atoms with Crippen LogP contribution >= 0.6 is 0 Å². The van der Waals surface area contributed by atoms with E-state index in [9.17, 15) is 0 Å². The Kier molecular flexibility index (Phi) is 6.45. The lowest BCUT2D eigenvalue weighted by molar-refractivity contribution is 0.645. The van der Waals surface area contributed by atoms with Crippen molar-refractivity contribution in [1.82, 2.24) is 4.98 Å². The van der Waals surface area contributed by atoms with Crippen LogP contribution in [0.4, 0.5) is 11.5 Å². The van der Waals surface area contributed by atoms with E-state index in [1.165, 1.54) is 32.1 Å². The van der Waals surface area contributed by atoms with Gasteiger partial charge in [0, 0.05) is 26.8 Å². The average molecular weight is 235 g/mol. The van der Waals surface area contributed by atoms with Crippen LogP contribution in [0.3, 0.4) is 0 Å². The molecule has 0 amide bonds. The summed E-state index contributed by atoms with van der Waals surface area (Å²) in [6.07, 6.45) is 8.41. The monoisotopic (exact) mass is 235 g/mol. The van der Waals surface area contributed by atoms with E-state index in [4.69, 9.17) is 0 Å². The normalized spacial score (nSPS) is 10.3. The van der Waals surface area contributed by atoms with Gasteiger partial charge in [-0.05, 0) is 18.6 Å². The Bertz CT molecular complexity index is 310. The molecule has 1 aromatic heterocycles. The lowest BCUT2D eigenvalue weighted by atomic mass is 10.1. The zero-order valence-corrected chi connectivity index (χ0v) is 11.4. The second-order valence-electron chi connectivity index (χ2n) is 4.61. The number of hydrogen-bond acceptors (Lipinski definition) is 3. The summed E-state index contributed by atoms with van der Waals surface area (Å²) < 4.78 is 0. The summed E-state index contributed by atoms with van der Waals surface area (Å²) in [5.74, 6) is 1.01. The maximum absolute atomic E-state index is 4.37. The molecular formula is C14H25N3. The van der Waals surface area contributed by atoms with E-state index < -0.39 is 0 Å². The third kappa shape index (κ3) is 5.07. The molecule has 96 valence electrons. The molecule has 1 heterocycles. The van der Waals surface area contributed by atoms with Gasteiger partial charge in [-0.25, -0.2) is 4.98 Å². The van der Waals surface area contributed by atoms with Crippen LogP contribution in [0.5, 0.6) is 0 Å². The van der Waals surface area contributed by atoms with Crippen molar-refractivity contribution in [3.05, 3.63) is 18.3 Å². The predicted octanol–water partition coefficient (Wildman–Crippen LogP) is 3.53. The molecule has 1 rings (SSSR count). The summed E-state index contributed by atoms with van der Waals surface area (Å²) in [6.45, 7) is 3.29. The summed E-state index contributed by atoms with van der Waals surface area (Å²) in [4.78, 5) is 6.41. The Morgan fingerprint density at radius 3 is 2.65 bits per heavy atom. The van der Waals surface area contributed by atoms with Crippen molar-refractivity contribution in [2.24, 2.45) is 0 Å². The summed E-state index contributed by atoms with van der Waals surface area (Å²) in [5, 5.41) is 3.47. The first kappa shape index (κ1) is 13.8. The maximum Gasteiger partial charge on any atom is 0.151 e. The van der Waals surface area contributed by atoms with Gasteiger partial charge in [-0.3, -0.25) is 0 Å². The highest BCUT2D eigenvalue weighted by Gasteiger charge is 2.03. The Morgan fingerprint density at radius 1 is 1.18 bits per heavy atom. The summed E-state index contributed by atoms with van der Waals surface area (Å²) in [6, 6.07) is 4.07. The molecule has 0 bridgehead atoms. The van der Waals surface area contributed by atoms with Crippen molar-refractivity contribution in [2.75, 3.05) is 30.9 Å². The number of unbranched alkanes of at least 4 members (excludes halogenated alkanes) is 4. The zero-order valence-electron chi connectivity index (χ0n) is 11.4. The fourth-order valence-corrected chi connectivity index (χ4v) is 1.84. The first-order valence-electron chi connectivity index (χ1n) is 6.62. The Labute approximate surface area is 105 Å². The van der Waals surface area contributed by atoms with Crippen molar-refractivity contribution >= 4 is 11.5 Å². The van der Waals surface area contributed by atoms with Gasteiger partial charge in [0.25, 0.3) is 0 Å². The largest absolute Gasteiger partial charge is 0.382 e. The van der Waals surface area contributed by atoms with E-state index in [0.29, 0.717) is 0 Å². The highest BCUT2D eigenvalue weighted by atomic mass is 15.2. The number of rotatable bonds is 8. The standard InChI is InChI=1S/C14H25N3/c1-4-5-6-7-8-11-15-13-10-9-12-16-14(13)17(2)3/h9-10,12,15H,4-8,11H2,1-3H3. The Hall–Kier alpha value is -1.25. The van der Waals surface area contributed by atoms with Crippen molar-refractivity contribution in [2.45, 2.75) is 39.0 Å². The molecule has 0 unspecified atom stereocenters. The molecular weight excluding hydrogens is 210 g/mol. The lowest BCUT2D eigenvalue weighted by Gasteiger charge is -2.16. The van der Waals surface area contributed by atoms with E-state index in [1.54, 1.807) is 0 Å². The third-order valence-corrected chi connectivity index (χ3v) is 2.81. The molecule has 17 heavy (non-hydrogen) atoms. The molecule has 0 aromatic carbocycles. The minimum absolute atomic E-state index is 1.01. The molecule has 0 aliphatic rings. The molecule has 0 aliphatic carbocycles. The number of hydrogen-bond donors (Lipinski definition) is 1. The van der Waals surface area contributed by atoms with Crippen LogP contribution in [-0.4, -0.2) is 25.6 Å². The number of pyridine rings is 1. The van der Waals surface area contributed by atoms with E-state index in [2.05, 4.69) is 23.3 Å². The smallest absolute Gasteiger partial charge is 0.151 e. The second-order valence-corrected chi connectivity index (χ2v) is 4.61. The van der Waals surface area contributed by atoms with E-state index >= 15 is 0 Å². The van der Waals surface area contributed by atoms with Gasteiger partial charge in [0.1, 0.15) is 0 Å². The predicted molar refractivity (Wildman–Crippen MR) is 75.8 cm³/mol. The fourth-order valence-electron chi connectivity index (χ4n) is 1.84. The topological polar surface area (TPSA) is 28.2 Å². The molecule has 0 saturated carbocycles. The van der Waals surface area contributed by atoms with Crippen molar-refractivity contribution in [1.29, 1.82) is 0 Å². The van der Waals surface area contributed by atoms with Gasteiger partial charge in [-0.15, -0.1) is 0 Å². The van der Waals surface area contributed by atoms with Gasteiger partial charge in [0.2, 0.25) is 0 Å². The molecule has 1 N–H and O–H groups in total. The molecule has 0 fully saturated rings. The molecule has 0 saturated heterocycles. The van der Waals surface area contributed by atoms with Crippen LogP contribution in [0.1, 0.15) is 39.0 Å². The van der Waals surface area contributed by atoms with Gasteiger partial charge in [-0.1, -0.05) is 32.6 Å². The summed E-state index contributed by atoms with van der Waals surface area (Å²) >= 11 is 0. The van der Waals surface area contributed by atoms with E-state index in [0.717, 1.165) is 18.1 Å². The average Bonchev–Trinajstić information content (AvgIpc) is 2.34. The zero-order chi connectivity index (χ0) is 12.5. The van der Waals surface area contributed by atoms with Gasteiger partial charge in [-0.2, -0.15) is 0 Å². The van der Waals surface area contributed by atoms with Crippen molar-refractivity contribution in [3.8, 4) is 0 Å². The molecule has 3 heteroatoms. The van der Waals surface area contributed by atoms with E-state index in [-0.39, 0.29) is 0 Å². The first-order valence-corrected chi connectivity index (χ1v) is 6.62. The second kappa shape index (κ2) is 7.93. The van der Waals surface area contributed by atoms with Gasteiger partial charge in [0.15, 0.2) is 5.82 Å². The number of nitrogens with one attached hydrogen (secondary N) is 1. The molecule has 0 radical (unpaired) electrons. The fraction of sp³-hybridized carbons (Fsp3) is 0.643. The molecule has 3 nitrogen and oxygen atoms in total. The maximum atomic E-state index is 4.37. The van der Waals surface area contributed by atoms with Gasteiger partial charge < -0.3 is 10.2 Å². The van der Waals surface area contributed by atoms with E-state index in [1.807, 2.05) is 31.3 Å². The highest BCUT2D eigenvalue weighted by molar-refractivity contribution is 5.64. The first-order chi connectivity index (χ1) is 8.25. The molecule has 0 atom stereocenters. The van der Waals surface area contributed by atoms with Crippen LogP contribution in [0.15, 0.2) is 18.3 Å². The summed E-state index contributed by atoms with van der Waals surface area (Å²) in [7, 11) is 4.05. The SMILES string of the molecule is CCCCCCCNc1cccnc1N(C)C. The number of aromatic nitrogens is 1. The highest BCUT2D eigenvalue weighted by Crippen LogP contribution is 2.20.